The second-order valence-electron chi connectivity index (χ2n) is 7.42. The van der Waals surface area contributed by atoms with Crippen molar-refractivity contribution in [1.82, 2.24) is 25.5 Å². The topological polar surface area (TPSA) is 74.8 Å². The van der Waals surface area contributed by atoms with E-state index in [1.54, 1.807) is 0 Å². The van der Waals surface area contributed by atoms with Crippen LogP contribution in [-0.4, -0.2) is 44.5 Å². The Kier molecular flexibility index (Phi) is 4.03. The van der Waals surface area contributed by atoms with E-state index >= 15 is 0 Å². The zero-order valence-electron chi connectivity index (χ0n) is 14.9. The maximum Gasteiger partial charge on any atom is 0.254 e. The lowest BCUT2D eigenvalue weighted by Crippen LogP contribution is -2.30. The molecule has 6 heteroatoms. The number of tetrazole rings is 1. The number of aromatic nitrogens is 4. The second kappa shape index (κ2) is 6.37. The van der Waals surface area contributed by atoms with Gasteiger partial charge in [0, 0.05) is 24.6 Å². The van der Waals surface area contributed by atoms with Crippen LogP contribution in [0.4, 0.5) is 0 Å². The molecule has 26 heavy (non-hydrogen) atoms. The number of nitrogens with zero attached hydrogens (tertiary/aromatic N) is 4. The largest absolute Gasteiger partial charge is 0.337 e. The highest BCUT2D eigenvalue weighted by Crippen LogP contribution is 2.42. The highest BCUT2D eigenvalue weighted by molar-refractivity contribution is 6.00. The summed E-state index contributed by atoms with van der Waals surface area (Å²) in [4.78, 5) is 15.2. The average molecular weight is 347 g/mol. The average Bonchev–Trinajstić information content (AvgIpc) is 3.29. The Morgan fingerprint density at radius 3 is 2.58 bits per heavy atom. The number of hydrogen-bond acceptors (Lipinski definition) is 4. The summed E-state index contributed by atoms with van der Waals surface area (Å²) in [6.07, 6.45) is 0. The lowest BCUT2D eigenvalue weighted by atomic mass is 9.78. The molecule has 4 rings (SSSR count). The maximum absolute atomic E-state index is 13.3. The van der Waals surface area contributed by atoms with Gasteiger partial charge >= 0.3 is 0 Å². The molecule has 1 amide bonds. The first-order valence-corrected chi connectivity index (χ1v) is 8.73. The van der Waals surface area contributed by atoms with Crippen molar-refractivity contribution in [2.75, 3.05) is 13.1 Å². The number of amides is 1. The number of aromatic amines is 1. The van der Waals surface area contributed by atoms with Gasteiger partial charge in [-0.15, -0.1) is 10.2 Å². The molecule has 6 nitrogen and oxygen atoms in total. The first kappa shape index (κ1) is 16.4. The van der Waals surface area contributed by atoms with Crippen molar-refractivity contribution in [1.29, 1.82) is 0 Å². The van der Waals surface area contributed by atoms with Crippen molar-refractivity contribution in [2.24, 2.45) is 5.41 Å². The van der Waals surface area contributed by atoms with Crippen molar-refractivity contribution in [2.45, 2.75) is 19.8 Å². The van der Waals surface area contributed by atoms with Gasteiger partial charge in [0.05, 0.1) is 5.56 Å². The standard InChI is InChI=1S/C20H21N5O/c1-20(2)13-25(12-17(20)14-8-4-3-5-9-14)19(26)16-11-7-6-10-15(16)18-21-23-24-22-18/h3-11,17H,12-13H2,1-2H3,(H,21,22,23,24)/t17-/m0/s1. The van der Waals surface area contributed by atoms with Crippen LogP contribution in [0.3, 0.4) is 0 Å². The number of hydrogen-bond donors (Lipinski definition) is 1. The Morgan fingerprint density at radius 2 is 1.85 bits per heavy atom. The summed E-state index contributed by atoms with van der Waals surface area (Å²) < 4.78 is 0. The third kappa shape index (κ3) is 2.87. The van der Waals surface area contributed by atoms with Gasteiger partial charge in [-0.25, -0.2) is 0 Å². The number of carbonyl (C=O) groups excluding carboxylic acids is 1. The van der Waals surface area contributed by atoms with Gasteiger partial charge in [0.15, 0.2) is 0 Å². The minimum Gasteiger partial charge on any atom is -0.337 e. The second-order valence-corrected chi connectivity index (χ2v) is 7.42. The van der Waals surface area contributed by atoms with E-state index in [4.69, 9.17) is 0 Å². The van der Waals surface area contributed by atoms with E-state index in [-0.39, 0.29) is 11.3 Å². The summed E-state index contributed by atoms with van der Waals surface area (Å²) in [6.45, 7) is 5.87. The minimum atomic E-state index is 0.0110. The van der Waals surface area contributed by atoms with Crippen molar-refractivity contribution < 1.29 is 4.79 Å². The third-order valence-corrected chi connectivity index (χ3v) is 5.18. The molecule has 0 aliphatic carbocycles. The van der Waals surface area contributed by atoms with Crippen molar-refractivity contribution >= 4 is 5.91 Å². The van der Waals surface area contributed by atoms with E-state index in [0.29, 0.717) is 36.0 Å². The van der Waals surface area contributed by atoms with Gasteiger partial charge in [-0.1, -0.05) is 62.4 Å². The van der Waals surface area contributed by atoms with Gasteiger partial charge in [-0.2, -0.15) is 5.21 Å². The molecule has 1 fully saturated rings. The predicted molar refractivity (Wildman–Crippen MR) is 98.5 cm³/mol. The van der Waals surface area contributed by atoms with Gasteiger partial charge in [-0.05, 0) is 22.3 Å². The highest BCUT2D eigenvalue weighted by atomic mass is 16.2. The summed E-state index contributed by atoms with van der Waals surface area (Å²) in [5.41, 5.74) is 2.60. The third-order valence-electron chi connectivity index (χ3n) is 5.18. The van der Waals surface area contributed by atoms with Crippen LogP contribution < -0.4 is 0 Å². The summed E-state index contributed by atoms with van der Waals surface area (Å²) in [6, 6.07) is 17.9. The molecule has 1 aromatic heterocycles. The molecular weight excluding hydrogens is 326 g/mol. The molecule has 0 unspecified atom stereocenters. The molecule has 1 N–H and O–H groups in total. The summed E-state index contributed by atoms with van der Waals surface area (Å²) in [7, 11) is 0. The Hall–Kier alpha value is -3.02. The molecule has 2 aromatic carbocycles. The zero-order valence-corrected chi connectivity index (χ0v) is 14.9. The fourth-order valence-corrected chi connectivity index (χ4v) is 3.84. The smallest absolute Gasteiger partial charge is 0.254 e. The minimum absolute atomic E-state index is 0.0110. The predicted octanol–water partition coefficient (Wildman–Crippen LogP) is 3.13. The SMILES string of the molecule is CC1(C)CN(C(=O)c2ccccc2-c2nn[nH]n2)C[C@H]1c1ccccc1. The highest BCUT2D eigenvalue weighted by Gasteiger charge is 2.42. The zero-order chi connectivity index (χ0) is 18.1. The first-order chi connectivity index (χ1) is 12.6. The number of nitrogens with one attached hydrogen (secondary N) is 1. The van der Waals surface area contributed by atoms with Crippen LogP contribution in [0.15, 0.2) is 54.6 Å². The number of rotatable bonds is 3. The van der Waals surface area contributed by atoms with Gasteiger partial charge < -0.3 is 4.90 Å². The van der Waals surface area contributed by atoms with E-state index in [1.165, 1.54) is 5.56 Å². The maximum atomic E-state index is 13.3. The van der Waals surface area contributed by atoms with Crippen molar-refractivity contribution in [3.8, 4) is 11.4 Å². The van der Waals surface area contributed by atoms with Gasteiger partial charge in [0.1, 0.15) is 0 Å². The number of benzene rings is 2. The van der Waals surface area contributed by atoms with Gasteiger partial charge in [-0.3, -0.25) is 4.79 Å². The van der Waals surface area contributed by atoms with Gasteiger partial charge in [0.2, 0.25) is 5.82 Å². The normalized spacial score (nSPS) is 18.8. The Balaban J connectivity index is 1.65. The van der Waals surface area contributed by atoms with Crippen LogP contribution in [0.2, 0.25) is 0 Å². The number of H-pyrrole nitrogens is 1. The summed E-state index contributed by atoms with van der Waals surface area (Å²) in [5, 5.41) is 14.1. The van der Waals surface area contributed by atoms with Crippen molar-refractivity contribution in [3.05, 3.63) is 65.7 Å². The Morgan fingerprint density at radius 1 is 1.12 bits per heavy atom. The molecule has 1 saturated heterocycles. The molecule has 0 radical (unpaired) electrons. The van der Waals surface area contributed by atoms with E-state index in [2.05, 4.69) is 58.7 Å². The fourth-order valence-electron chi connectivity index (χ4n) is 3.84. The lowest BCUT2D eigenvalue weighted by Gasteiger charge is -2.25. The van der Waals surface area contributed by atoms with Crippen LogP contribution in [0.1, 0.15) is 35.7 Å². The van der Waals surface area contributed by atoms with Crippen LogP contribution in [-0.2, 0) is 0 Å². The molecule has 1 aliphatic rings. The van der Waals surface area contributed by atoms with Crippen LogP contribution in [0.5, 0.6) is 0 Å². The van der Waals surface area contributed by atoms with E-state index in [9.17, 15) is 4.79 Å². The van der Waals surface area contributed by atoms with E-state index < -0.39 is 0 Å². The quantitative estimate of drug-likeness (QED) is 0.790. The molecule has 132 valence electrons. The number of likely N-dealkylation sites (tertiary alicyclic amines) is 1. The molecule has 0 saturated carbocycles. The van der Waals surface area contributed by atoms with Gasteiger partial charge in [0.25, 0.3) is 5.91 Å². The molecule has 0 bridgehead atoms. The van der Waals surface area contributed by atoms with Crippen LogP contribution >= 0.6 is 0 Å². The molecule has 1 atom stereocenters. The summed E-state index contributed by atoms with van der Waals surface area (Å²) in [5.74, 6) is 0.758. The monoisotopic (exact) mass is 347 g/mol. The summed E-state index contributed by atoms with van der Waals surface area (Å²) >= 11 is 0. The van der Waals surface area contributed by atoms with E-state index in [1.807, 2.05) is 35.2 Å². The van der Waals surface area contributed by atoms with Crippen molar-refractivity contribution in [3.63, 3.8) is 0 Å². The number of carbonyl (C=O) groups is 1. The van der Waals surface area contributed by atoms with Crippen LogP contribution in [0, 0.1) is 5.41 Å². The molecule has 2 heterocycles. The van der Waals surface area contributed by atoms with Crippen LogP contribution in [0.25, 0.3) is 11.4 Å². The molecule has 3 aromatic rings. The Bertz CT molecular complexity index is 905. The molecule has 1 aliphatic heterocycles. The molecule has 0 spiro atoms. The Labute approximate surface area is 152 Å². The lowest BCUT2D eigenvalue weighted by molar-refractivity contribution is 0.0778. The van der Waals surface area contributed by atoms with E-state index in [0.717, 1.165) is 0 Å². The molecular formula is C20H21N5O. The first-order valence-electron chi connectivity index (χ1n) is 8.73. The fraction of sp³-hybridized carbons (Fsp3) is 0.300.